The van der Waals surface area contributed by atoms with Gasteiger partial charge in [-0.25, -0.2) is 0 Å². The van der Waals surface area contributed by atoms with Gasteiger partial charge in [0.15, 0.2) is 0 Å². The molecule has 1 rings (SSSR count). The van der Waals surface area contributed by atoms with Crippen LogP contribution < -0.4 is 5.32 Å². The van der Waals surface area contributed by atoms with Crippen molar-refractivity contribution in [2.75, 3.05) is 13.7 Å². The van der Waals surface area contributed by atoms with Gasteiger partial charge in [0, 0.05) is 12.1 Å². The first-order valence-corrected chi connectivity index (χ1v) is 4.05. The van der Waals surface area contributed by atoms with Crippen molar-refractivity contribution in [2.24, 2.45) is 5.92 Å². The summed E-state index contributed by atoms with van der Waals surface area (Å²) in [7, 11) is 1.99. The van der Waals surface area contributed by atoms with Crippen LogP contribution in [0.3, 0.4) is 0 Å². The minimum absolute atomic E-state index is 0.273. The summed E-state index contributed by atoms with van der Waals surface area (Å²) in [6.07, 6.45) is 3.44. The summed E-state index contributed by atoms with van der Waals surface area (Å²) < 4.78 is 0. The molecule has 0 aliphatic heterocycles. The Balaban J connectivity index is 2.43. The minimum atomic E-state index is 0.273. The smallest absolute Gasteiger partial charge is 0.0448 e. The lowest BCUT2D eigenvalue weighted by Crippen LogP contribution is -2.56. The molecule has 0 amide bonds. The SMILES string of the molecule is CNC1(CCO)CCC1C. The number of aliphatic hydroxyl groups is 1. The summed E-state index contributed by atoms with van der Waals surface area (Å²) in [4.78, 5) is 0. The van der Waals surface area contributed by atoms with Crippen LogP contribution in [0, 0.1) is 5.92 Å². The van der Waals surface area contributed by atoms with Crippen LogP contribution in [0.2, 0.25) is 0 Å². The predicted octanol–water partition coefficient (Wildman–Crippen LogP) is 0.757. The molecule has 0 radical (unpaired) electrons. The maximum absolute atomic E-state index is 8.78. The number of rotatable bonds is 3. The van der Waals surface area contributed by atoms with E-state index in [4.69, 9.17) is 5.11 Å². The molecule has 0 aromatic rings. The Hall–Kier alpha value is -0.0800. The molecule has 2 heteroatoms. The van der Waals surface area contributed by atoms with Crippen molar-refractivity contribution in [1.29, 1.82) is 0 Å². The molecule has 2 atom stereocenters. The summed E-state index contributed by atoms with van der Waals surface area (Å²) in [5.74, 6) is 0.740. The van der Waals surface area contributed by atoms with Crippen molar-refractivity contribution >= 4 is 0 Å². The quantitative estimate of drug-likeness (QED) is 0.611. The molecule has 1 aliphatic rings. The van der Waals surface area contributed by atoms with Crippen LogP contribution in [0.25, 0.3) is 0 Å². The van der Waals surface area contributed by atoms with Crippen molar-refractivity contribution in [3.8, 4) is 0 Å². The fourth-order valence-corrected chi connectivity index (χ4v) is 1.85. The second-order valence-corrected chi connectivity index (χ2v) is 3.32. The van der Waals surface area contributed by atoms with E-state index in [1.807, 2.05) is 7.05 Å². The van der Waals surface area contributed by atoms with Crippen LogP contribution in [-0.2, 0) is 0 Å². The third-order valence-corrected chi connectivity index (χ3v) is 3.02. The Morgan fingerprint density at radius 1 is 1.70 bits per heavy atom. The molecule has 2 unspecified atom stereocenters. The molecular weight excluding hydrogens is 126 g/mol. The lowest BCUT2D eigenvalue weighted by Gasteiger charge is -2.48. The van der Waals surface area contributed by atoms with E-state index in [1.165, 1.54) is 12.8 Å². The molecule has 1 fully saturated rings. The summed E-state index contributed by atoms with van der Waals surface area (Å²) in [5.41, 5.74) is 0.273. The van der Waals surface area contributed by atoms with Gasteiger partial charge in [-0.2, -0.15) is 0 Å². The van der Waals surface area contributed by atoms with E-state index in [0.717, 1.165) is 12.3 Å². The van der Waals surface area contributed by atoms with E-state index >= 15 is 0 Å². The predicted molar refractivity (Wildman–Crippen MR) is 41.9 cm³/mol. The molecular formula is C8H17NO. The third kappa shape index (κ3) is 1.06. The normalized spacial score (nSPS) is 39.3. The Morgan fingerprint density at radius 2 is 2.40 bits per heavy atom. The molecule has 0 aromatic carbocycles. The van der Waals surface area contributed by atoms with Gasteiger partial charge in [-0.05, 0) is 32.2 Å². The summed E-state index contributed by atoms with van der Waals surface area (Å²) in [5, 5.41) is 12.1. The van der Waals surface area contributed by atoms with Crippen LogP contribution in [0.4, 0.5) is 0 Å². The Bertz CT molecular complexity index is 112. The van der Waals surface area contributed by atoms with Crippen LogP contribution in [-0.4, -0.2) is 24.3 Å². The summed E-state index contributed by atoms with van der Waals surface area (Å²) >= 11 is 0. The fourth-order valence-electron chi connectivity index (χ4n) is 1.85. The maximum atomic E-state index is 8.78. The zero-order valence-electron chi connectivity index (χ0n) is 6.85. The van der Waals surface area contributed by atoms with Gasteiger partial charge < -0.3 is 10.4 Å². The summed E-state index contributed by atoms with van der Waals surface area (Å²) in [6, 6.07) is 0. The number of hydrogen-bond acceptors (Lipinski definition) is 2. The second-order valence-electron chi connectivity index (χ2n) is 3.32. The van der Waals surface area contributed by atoms with E-state index in [0.29, 0.717) is 6.61 Å². The molecule has 1 aliphatic carbocycles. The standard InChI is InChI=1S/C8H17NO/c1-7-3-4-8(7,9-2)5-6-10/h7,9-10H,3-6H2,1-2H3. The molecule has 0 saturated heterocycles. The number of nitrogens with one attached hydrogen (secondary N) is 1. The van der Waals surface area contributed by atoms with Crippen LogP contribution in [0.5, 0.6) is 0 Å². The van der Waals surface area contributed by atoms with Crippen molar-refractivity contribution < 1.29 is 5.11 Å². The number of hydrogen-bond donors (Lipinski definition) is 2. The first-order valence-electron chi connectivity index (χ1n) is 4.05. The van der Waals surface area contributed by atoms with Gasteiger partial charge in [0.2, 0.25) is 0 Å². The average Bonchev–Trinajstić information content (AvgIpc) is 1.97. The molecule has 2 N–H and O–H groups in total. The average molecular weight is 143 g/mol. The highest BCUT2D eigenvalue weighted by molar-refractivity contribution is 4.99. The van der Waals surface area contributed by atoms with Gasteiger partial charge in [0.1, 0.15) is 0 Å². The third-order valence-electron chi connectivity index (χ3n) is 3.02. The zero-order valence-corrected chi connectivity index (χ0v) is 6.85. The highest BCUT2D eigenvalue weighted by atomic mass is 16.3. The minimum Gasteiger partial charge on any atom is -0.396 e. The van der Waals surface area contributed by atoms with Gasteiger partial charge in [0.25, 0.3) is 0 Å². The molecule has 0 bridgehead atoms. The molecule has 10 heavy (non-hydrogen) atoms. The van der Waals surface area contributed by atoms with E-state index in [-0.39, 0.29) is 5.54 Å². The van der Waals surface area contributed by atoms with Gasteiger partial charge in [-0.1, -0.05) is 6.92 Å². The highest BCUT2D eigenvalue weighted by Gasteiger charge is 2.41. The molecule has 1 saturated carbocycles. The maximum Gasteiger partial charge on any atom is 0.0448 e. The second kappa shape index (κ2) is 2.89. The van der Waals surface area contributed by atoms with Gasteiger partial charge >= 0.3 is 0 Å². The Morgan fingerprint density at radius 3 is 2.50 bits per heavy atom. The zero-order chi connectivity index (χ0) is 7.61. The van der Waals surface area contributed by atoms with Gasteiger partial charge in [-0.15, -0.1) is 0 Å². The van der Waals surface area contributed by atoms with Crippen molar-refractivity contribution in [2.45, 2.75) is 31.7 Å². The van der Waals surface area contributed by atoms with Gasteiger partial charge in [-0.3, -0.25) is 0 Å². The molecule has 0 spiro atoms. The number of aliphatic hydroxyl groups excluding tert-OH is 1. The van der Waals surface area contributed by atoms with Crippen LogP contribution >= 0.6 is 0 Å². The fraction of sp³-hybridized carbons (Fsp3) is 1.00. The monoisotopic (exact) mass is 143 g/mol. The molecule has 0 aromatic heterocycles. The van der Waals surface area contributed by atoms with Crippen molar-refractivity contribution in [3.05, 3.63) is 0 Å². The molecule has 2 nitrogen and oxygen atoms in total. The van der Waals surface area contributed by atoms with E-state index < -0.39 is 0 Å². The lowest BCUT2D eigenvalue weighted by atomic mass is 9.66. The first kappa shape index (κ1) is 8.02. The highest BCUT2D eigenvalue weighted by Crippen LogP contribution is 2.40. The van der Waals surface area contributed by atoms with Crippen molar-refractivity contribution in [1.82, 2.24) is 5.32 Å². The Kier molecular flexibility index (Phi) is 2.32. The topological polar surface area (TPSA) is 32.3 Å². The van der Waals surface area contributed by atoms with E-state index in [2.05, 4.69) is 12.2 Å². The molecule has 60 valence electrons. The van der Waals surface area contributed by atoms with Crippen molar-refractivity contribution in [3.63, 3.8) is 0 Å². The van der Waals surface area contributed by atoms with E-state index in [1.54, 1.807) is 0 Å². The summed E-state index contributed by atoms with van der Waals surface area (Å²) in [6.45, 7) is 2.56. The van der Waals surface area contributed by atoms with Crippen LogP contribution in [0.1, 0.15) is 26.2 Å². The Labute approximate surface area is 62.6 Å². The van der Waals surface area contributed by atoms with E-state index in [9.17, 15) is 0 Å². The largest absolute Gasteiger partial charge is 0.396 e. The first-order chi connectivity index (χ1) is 4.75. The molecule has 0 heterocycles. The van der Waals surface area contributed by atoms with Gasteiger partial charge in [0.05, 0.1) is 0 Å². The lowest BCUT2D eigenvalue weighted by molar-refractivity contribution is 0.0728. The van der Waals surface area contributed by atoms with Crippen LogP contribution in [0.15, 0.2) is 0 Å².